The van der Waals surface area contributed by atoms with Gasteiger partial charge in [-0.2, -0.15) is 4.39 Å². The third kappa shape index (κ3) is 2.24. The van der Waals surface area contributed by atoms with Crippen molar-refractivity contribution in [1.29, 1.82) is 0 Å². The summed E-state index contributed by atoms with van der Waals surface area (Å²) in [6.07, 6.45) is 0. The molecule has 0 saturated heterocycles. The molecule has 0 aromatic carbocycles. The van der Waals surface area contributed by atoms with Crippen LogP contribution in [0.25, 0.3) is 0 Å². The van der Waals surface area contributed by atoms with Crippen LogP contribution < -0.4 is 0 Å². The third-order valence-electron chi connectivity index (χ3n) is 1.41. The highest BCUT2D eigenvalue weighted by molar-refractivity contribution is 6.66. The Balaban J connectivity index is 3.25. The van der Waals surface area contributed by atoms with Crippen LogP contribution in [0, 0.1) is 5.95 Å². The lowest BCUT2D eigenvalue weighted by Crippen LogP contribution is -2.15. The Morgan fingerprint density at radius 3 is 2.23 bits per heavy atom. The molecule has 74 valence electrons. The topological polar surface area (TPSA) is 30.7 Å². The molecule has 7 heteroatoms. The van der Waals surface area contributed by atoms with Crippen molar-refractivity contribution in [2.75, 3.05) is 0 Å². The molecule has 0 aliphatic carbocycles. The van der Waals surface area contributed by atoms with E-state index in [2.05, 4.69) is 10.3 Å². The first kappa shape index (κ1) is 11.0. The van der Waals surface area contributed by atoms with Crippen molar-refractivity contribution in [3.05, 3.63) is 11.6 Å². The van der Waals surface area contributed by atoms with Gasteiger partial charge in [0.15, 0.2) is 0 Å². The lowest BCUT2D eigenvalue weighted by Gasteiger charge is -2.14. The quantitative estimate of drug-likeness (QED) is 0.714. The molecule has 0 unspecified atom stereocenters. The van der Waals surface area contributed by atoms with E-state index in [1.165, 1.54) is 4.68 Å². The van der Waals surface area contributed by atoms with E-state index >= 15 is 0 Å². The van der Waals surface area contributed by atoms with Gasteiger partial charge in [0.25, 0.3) is 5.95 Å². The normalized spacial score (nSPS) is 12.5. The summed E-state index contributed by atoms with van der Waals surface area (Å²) in [5.41, 5.74) is -0.132. The highest BCUT2D eigenvalue weighted by Gasteiger charge is 2.33. The Hall–Kier alpha value is -0.0600. The molecule has 0 aliphatic rings. The molecular weight excluding hydrogens is 239 g/mol. The molecule has 0 aliphatic heterocycles. The van der Waals surface area contributed by atoms with E-state index in [0.29, 0.717) is 0 Å². The predicted molar refractivity (Wildman–Crippen MR) is 49.6 cm³/mol. The molecule has 0 bridgehead atoms. The first-order valence-corrected chi connectivity index (χ1v) is 4.65. The van der Waals surface area contributed by atoms with Gasteiger partial charge in [-0.1, -0.05) is 45.1 Å². The molecule has 0 N–H and O–H groups in total. The maximum atomic E-state index is 13.0. The van der Waals surface area contributed by atoms with Crippen LogP contribution in [0.2, 0.25) is 0 Å². The molecule has 0 radical (unpaired) electrons. The fraction of sp³-hybridized carbons (Fsp3) is 0.667. The Labute approximate surface area is 89.8 Å². The molecule has 0 spiro atoms. The van der Waals surface area contributed by atoms with E-state index in [9.17, 15) is 4.39 Å². The summed E-state index contributed by atoms with van der Waals surface area (Å²) in [5, 5.41) is 6.72. The molecule has 1 aromatic rings. The summed E-state index contributed by atoms with van der Waals surface area (Å²) in [6.45, 7) is 3.57. The van der Waals surface area contributed by atoms with Gasteiger partial charge in [0.05, 0.1) is 0 Å². The van der Waals surface area contributed by atoms with Crippen LogP contribution in [-0.2, 0) is 3.79 Å². The van der Waals surface area contributed by atoms with Crippen LogP contribution in [0.3, 0.4) is 0 Å². The number of hydrogen-bond acceptors (Lipinski definition) is 2. The van der Waals surface area contributed by atoms with Crippen molar-refractivity contribution in [2.24, 2.45) is 0 Å². The second-order valence-corrected chi connectivity index (χ2v) is 5.05. The van der Waals surface area contributed by atoms with Crippen molar-refractivity contribution in [3.8, 4) is 0 Å². The largest absolute Gasteiger partial charge is 0.260 e. The predicted octanol–water partition coefficient (Wildman–Crippen LogP) is 2.82. The highest BCUT2D eigenvalue weighted by Crippen LogP contribution is 2.39. The van der Waals surface area contributed by atoms with Gasteiger partial charge in [0, 0.05) is 6.04 Å². The van der Waals surface area contributed by atoms with Crippen LogP contribution >= 0.6 is 34.8 Å². The molecule has 0 saturated carbocycles. The summed E-state index contributed by atoms with van der Waals surface area (Å²) < 4.78 is 12.4. The van der Waals surface area contributed by atoms with Crippen LogP contribution in [0.5, 0.6) is 0 Å². The van der Waals surface area contributed by atoms with Crippen LogP contribution in [-0.4, -0.2) is 15.0 Å². The van der Waals surface area contributed by atoms with Crippen molar-refractivity contribution in [2.45, 2.75) is 23.7 Å². The Kier molecular flexibility index (Phi) is 3.05. The number of nitrogens with zero attached hydrogens (tertiary/aromatic N) is 3. The Bertz CT molecular complexity index is 305. The molecule has 0 amide bonds. The van der Waals surface area contributed by atoms with Crippen LogP contribution in [0.15, 0.2) is 0 Å². The summed E-state index contributed by atoms with van der Waals surface area (Å²) in [4.78, 5) is 0. The van der Waals surface area contributed by atoms with Crippen LogP contribution in [0.4, 0.5) is 4.39 Å². The average Bonchev–Trinajstić information content (AvgIpc) is 2.28. The molecule has 13 heavy (non-hydrogen) atoms. The summed E-state index contributed by atoms with van der Waals surface area (Å²) in [7, 11) is 0. The van der Waals surface area contributed by atoms with E-state index in [1.807, 2.05) is 0 Å². The van der Waals surface area contributed by atoms with Gasteiger partial charge in [-0.15, -0.1) is 0 Å². The molecule has 1 heterocycles. The number of aromatic nitrogens is 3. The smallest absolute Gasteiger partial charge is 0.239 e. The van der Waals surface area contributed by atoms with E-state index in [4.69, 9.17) is 34.8 Å². The lowest BCUT2D eigenvalue weighted by molar-refractivity contribution is 0.495. The maximum absolute atomic E-state index is 13.0. The number of alkyl halides is 3. The molecule has 0 atom stereocenters. The van der Waals surface area contributed by atoms with Crippen molar-refractivity contribution in [3.63, 3.8) is 0 Å². The number of hydrogen-bond donors (Lipinski definition) is 0. The van der Waals surface area contributed by atoms with E-state index < -0.39 is 9.74 Å². The minimum Gasteiger partial charge on any atom is -0.239 e. The highest BCUT2D eigenvalue weighted by atomic mass is 35.6. The first-order valence-electron chi connectivity index (χ1n) is 3.52. The monoisotopic (exact) mass is 245 g/mol. The van der Waals surface area contributed by atoms with Gasteiger partial charge in [-0.05, 0) is 13.8 Å². The zero-order valence-corrected chi connectivity index (χ0v) is 9.20. The van der Waals surface area contributed by atoms with Crippen molar-refractivity contribution >= 4 is 34.8 Å². The molecule has 1 rings (SSSR count). The summed E-state index contributed by atoms with van der Waals surface area (Å²) >= 11 is 16.6. The molecular formula is C6H7Cl3FN3. The number of rotatable bonds is 1. The van der Waals surface area contributed by atoms with Crippen molar-refractivity contribution < 1.29 is 4.39 Å². The molecule has 3 nitrogen and oxygen atoms in total. The van der Waals surface area contributed by atoms with Crippen molar-refractivity contribution in [1.82, 2.24) is 15.0 Å². The lowest BCUT2D eigenvalue weighted by atomic mass is 10.4. The van der Waals surface area contributed by atoms with Gasteiger partial charge < -0.3 is 0 Å². The zero-order valence-electron chi connectivity index (χ0n) is 6.93. The van der Waals surface area contributed by atoms with Crippen LogP contribution in [0.1, 0.15) is 25.6 Å². The maximum Gasteiger partial charge on any atom is 0.260 e. The minimum atomic E-state index is -1.84. The first-order chi connectivity index (χ1) is 5.84. The Morgan fingerprint density at radius 2 is 1.92 bits per heavy atom. The average molecular weight is 246 g/mol. The second kappa shape index (κ2) is 3.59. The van der Waals surface area contributed by atoms with Gasteiger partial charge in [0.2, 0.25) is 3.79 Å². The van der Waals surface area contributed by atoms with Gasteiger partial charge in [-0.25, -0.2) is 4.68 Å². The zero-order chi connectivity index (χ0) is 10.2. The summed E-state index contributed by atoms with van der Waals surface area (Å²) in [6, 6.07) is -0.109. The minimum absolute atomic E-state index is 0.109. The fourth-order valence-electron chi connectivity index (χ4n) is 0.882. The second-order valence-electron chi connectivity index (χ2n) is 2.76. The molecule has 1 aromatic heterocycles. The number of halogens is 4. The third-order valence-corrected chi connectivity index (χ3v) is 1.95. The van der Waals surface area contributed by atoms with Gasteiger partial charge >= 0.3 is 0 Å². The van der Waals surface area contributed by atoms with E-state index in [1.54, 1.807) is 13.8 Å². The van der Waals surface area contributed by atoms with Gasteiger partial charge in [-0.3, -0.25) is 0 Å². The van der Waals surface area contributed by atoms with E-state index in [-0.39, 0.29) is 11.7 Å². The fourth-order valence-corrected chi connectivity index (χ4v) is 1.38. The molecule has 0 fully saturated rings. The SMILES string of the molecule is CC(C)n1nnc(F)c1C(Cl)(Cl)Cl. The van der Waals surface area contributed by atoms with E-state index in [0.717, 1.165) is 0 Å². The standard InChI is InChI=1S/C6H7Cl3FN3/c1-3(2)13-4(6(7,8)9)5(10)11-12-13/h3H,1-2H3. The Morgan fingerprint density at radius 1 is 1.38 bits per heavy atom. The van der Waals surface area contributed by atoms with Gasteiger partial charge in [0.1, 0.15) is 5.69 Å². The summed E-state index contributed by atoms with van der Waals surface area (Å²) in [5.74, 6) is -0.853.